The smallest absolute Gasteiger partial charge is 0.320 e. The maximum absolute atomic E-state index is 11.6. The normalized spacial score (nSPS) is 11.9. The molecular weight excluding hydrogens is 282 g/mol. The van der Waals surface area contributed by atoms with Gasteiger partial charge in [-0.25, -0.2) is 4.79 Å². The van der Waals surface area contributed by atoms with Crippen molar-refractivity contribution in [1.82, 2.24) is 10.5 Å². The number of nitrogens with zero attached hydrogens (tertiary/aromatic N) is 1. The molecule has 118 valence electrons. The molecule has 2 aromatic rings. The lowest BCUT2D eigenvalue weighted by molar-refractivity contribution is 0.0644. The molecule has 0 aliphatic heterocycles. The molecule has 0 radical (unpaired) electrons. The fraction of sp³-hybridized carbons (Fsp3) is 0.375. The number of hydrogen-bond donors (Lipinski definition) is 2. The molecule has 1 atom stereocenters. The average Bonchev–Trinajstić information content (AvgIpc) is 2.92. The van der Waals surface area contributed by atoms with Crippen molar-refractivity contribution in [1.29, 1.82) is 0 Å². The maximum Gasteiger partial charge on any atom is 0.320 e. The van der Waals surface area contributed by atoms with Crippen molar-refractivity contribution >= 4 is 11.8 Å². The van der Waals surface area contributed by atoms with Crippen molar-refractivity contribution in [2.75, 3.05) is 18.5 Å². The van der Waals surface area contributed by atoms with Gasteiger partial charge in [-0.2, -0.15) is 0 Å². The zero-order valence-electron chi connectivity index (χ0n) is 12.8. The van der Waals surface area contributed by atoms with Crippen molar-refractivity contribution in [3.63, 3.8) is 0 Å². The first-order chi connectivity index (χ1) is 10.6. The van der Waals surface area contributed by atoms with Crippen LogP contribution in [0.5, 0.6) is 0 Å². The molecule has 1 heterocycles. The molecule has 0 saturated carbocycles. The zero-order chi connectivity index (χ0) is 15.8. The number of hydrogen-bond acceptors (Lipinski definition) is 4. The first-order valence-electron chi connectivity index (χ1n) is 7.30. The van der Waals surface area contributed by atoms with Gasteiger partial charge in [0.1, 0.15) is 5.76 Å². The molecular formula is C16H21N3O3. The van der Waals surface area contributed by atoms with E-state index < -0.39 is 0 Å². The second-order valence-corrected chi connectivity index (χ2v) is 4.98. The van der Waals surface area contributed by atoms with Gasteiger partial charge in [0.15, 0.2) is 5.82 Å². The molecule has 2 rings (SSSR count). The van der Waals surface area contributed by atoms with Crippen LogP contribution in [-0.4, -0.2) is 24.3 Å². The highest BCUT2D eigenvalue weighted by molar-refractivity contribution is 5.88. The molecule has 0 saturated heterocycles. The summed E-state index contributed by atoms with van der Waals surface area (Å²) < 4.78 is 10.6. The molecule has 6 nitrogen and oxygen atoms in total. The topological polar surface area (TPSA) is 76.4 Å². The minimum Gasteiger partial charge on any atom is -0.374 e. The summed E-state index contributed by atoms with van der Waals surface area (Å²) in [5.41, 5.74) is 1.15. The van der Waals surface area contributed by atoms with E-state index in [9.17, 15) is 4.79 Å². The highest BCUT2D eigenvalue weighted by Crippen LogP contribution is 2.15. The Kier molecular flexibility index (Phi) is 5.97. The number of aromatic nitrogens is 1. The van der Waals surface area contributed by atoms with Crippen LogP contribution in [0.3, 0.4) is 0 Å². The molecule has 1 aromatic carbocycles. The van der Waals surface area contributed by atoms with Gasteiger partial charge in [-0.3, -0.25) is 5.32 Å². The van der Waals surface area contributed by atoms with Gasteiger partial charge in [0, 0.05) is 19.2 Å². The predicted molar refractivity (Wildman–Crippen MR) is 83.7 cm³/mol. The van der Waals surface area contributed by atoms with Crippen LogP contribution in [0.4, 0.5) is 10.6 Å². The standard InChI is InChI=1S/C16H21N3O3/c1-12-11-15(19-22-12)18-16(20)17-9-6-10-21-13(2)14-7-4-3-5-8-14/h3-5,7-8,11,13H,6,9-10H2,1-2H3,(H2,17,18,19,20)/t13-/m0/s1. The van der Waals surface area contributed by atoms with Gasteiger partial charge in [0.05, 0.1) is 6.10 Å². The summed E-state index contributed by atoms with van der Waals surface area (Å²) in [5, 5.41) is 9.02. The molecule has 0 spiro atoms. The van der Waals surface area contributed by atoms with E-state index in [4.69, 9.17) is 9.26 Å². The Morgan fingerprint density at radius 2 is 2.14 bits per heavy atom. The second-order valence-electron chi connectivity index (χ2n) is 4.98. The third kappa shape index (κ3) is 5.21. The summed E-state index contributed by atoms with van der Waals surface area (Å²) in [4.78, 5) is 11.6. The quantitative estimate of drug-likeness (QED) is 0.770. The minimum absolute atomic E-state index is 0.0492. The van der Waals surface area contributed by atoms with Gasteiger partial charge in [0.2, 0.25) is 0 Å². The summed E-state index contributed by atoms with van der Waals surface area (Å²) >= 11 is 0. The number of ether oxygens (including phenoxy) is 1. The van der Waals surface area contributed by atoms with E-state index in [-0.39, 0.29) is 12.1 Å². The van der Waals surface area contributed by atoms with E-state index in [1.54, 1.807) is 13.0 Å². The maximum atomic E-state index is 11.6. The Labute approximate surface area is 129 Å². The molecule has 0 aliphatic rings. The lowest BCUT2D eigenvalue weighted by Gasteiger charge is -2.13. The fourth-order valence-corrected chi connectivity index (χ4v) is 1.94. The van der Waals surface area contributed by atoms with Crippen LogP contribution in [-0.2, 0) is 4.74 Å². The van der Waals surface area contributed by atoms with Gasteiger partial charge in [0.25, 0.3) is 0 Å². The number of nitrogens with one attached hydrogen (secondary N) is 2. The Bertz CT molecular complexity index is 583. The van der Waals surface area contributed by atoms with Crippen LogP contribution in [0.2, 0.25) is 0 Å². The minimum atomic E-state index is -0.301. The van der Waals surface area contributed by atoms with Crippen LogP contribution in [0.25, 0.3) is 0 Å². The van der Waals surface area contributed by atoms with Gasteiger partial charge >= 0.3 is 6.03 Å². The van der Waals surface area contributed by atoms with E-state index >= 15 is 0 Å². The van der Waals surface area contributed by atoms with E-state index in [1.807, 2.05) is 37.3 Å². The van der Waals surface area contributed by atoms with Crippen LogP contribution in [0.1, 0.15) is 30.8 Å². The fourth-order valence-electron chi connectivity index (χ4n) is 1.94. The molecule has 0 fully saturated rings. The Balaban J connectivity index is 1.58. The summed E-state index contributed by atoms with van der Waals surface area (Å²) in [6.07, 6.45) is 0.788. The van der Waals surface area contributed by atoms with Crippen LogP contribution in [0, 0.1) is 6.92 Å². The predicted octanol–water partition coefficient (Wildman–Crippen LogP) is 3.27. The molecule has 6 heteroatoms. The molecule has 2 N–H and O–H groups in total. The molecule has 1 aromatic heterocycles. The van der Waals surface area contributed by atoms with Gasteiger partial charge in [-0.05, 0) is 25.8 Å². The third-order valence-electron chi connectivity index (χ3n) is 3.11. The van der Waals surface area contributed by atoms with Crippen molar-refractivity contribution in [3.8, 4) is 0 Å². The zero-order valence-corrected chi connectivity index (χ0v) is 12.8. The lowest BCUT2D eigenvalue weighted by Crippen LogP contribution is -2.30. The number of benzene rings is 1. The average molecular weight is 303 g/mol. The number of carbonyl (C=O) groups is 1. The first-order valence-corrected chi connectivity index (χ1v) is 7.30. The monoisotopic (exact) mass is 303 g/mol. The van der Waals surface area contributed by atoms with E-state index in [1.165, 1.54) is 0 Å². The van der Waals surface area contributed by atoms with Crippen molar-refractivity contribution in [3.05, 3.63) is 47.7 Å². The van der Waals surface area contributed by atoms with E-state index in [0.717, 1.165) is 12.0 Å². The van der Waals surface area contributed by atoms with Crippen LogP contribution >= 0.6 is 0 Å². The summed E-state index contributed by atoms with van der Waals surface area (Å²) in [6.45, 7) is 4.90. The number of anilines is 1. The molecule has 0 bridgehead atoms. The number of aryl methyl sites for hydroxylation is 1. The van der Waals surface area contributed by atoms with E-state index in [0.29, 0.717) is 24.7 Å². The first kappa shape index (κ1) is 16.0. The SMILES string of the molecule is Cc1cc(NC(=O)NCCCO[C@@H](C)c2ccccc2)no1. The van der Waals surface area contributed by atoms with E-state index in [2.05, 4.69) is 15.8 Å². The molecule has 2 amide bonds. The summed E-state index contributed by atoms with van der Waals surface area (Å²) in [6, 6.07) is 11.4. The Morgan fingerprint density at radius 3 is 2.82 bits per heavy atom. The van der Waals surface area contributed by atoms with Gasteiger partial charge in [-0.15, -0.1) is 0 Å². The van der Waals surface area contributed by atoms with Crippen LogP contribution < -0.4 is 10.6 Å². The molecule has 0 aliphatic carbocycles. The summed E-state index contributed by atoms with van der Waals surface area (Å²) in [7, 11) is 0. The highest BCUT2D eigenvalue weighted by Gasteiger charge is 2.06. The van der Waals surface area contributed by atoms with Gasteiger partial charge in [-0.1, -0.05) is 35.5 Å². The molecule has 0 unspecified atom stereocenters. The van der Waals surface area contributed by atoms with Crippen molar-refractivity contribution in [2.45, 2.75) is 26.4 Å². The lowest BCUT2D eigenvalue weighted by atomic mass is 10.1. The third-order valence-corrected chi connectivity index (χ3v) is 3.11. The number of amides is 2. The van der Waals surface area contributed by atoms with Gasteiger partial charge < -0.3 is 14.6 Å². The Hall–Kier alpha value is -2.34. The van der Waals surface area contributed by atoms with Crippen molar-refractivity contribution in [2.24, 2.45) is 0 Å². The molecule has 22 heavy (non-hydrogen) atoms. The number of rotatable bonds is 7. The van der Waals surface area contributed by atoms with Crippen LogP contribution in [0.15, 0.2) is 40.9 Å². The number of carbonyl (C=O) groups excluding carboxylic acids is 1. The Morgan fingerprint density at radius 1 is 1.36 bits per heavy atom. The largest absolute Gasteiger partial charge is 0.374 e. The van der Waals surface area contributed by atoms with Crippen molar-refractivity contribution < 1.29 is 14.1 Å². The second kappa shape index (κ2) is 8.19. The highest BCUT2D eigenvalue weighted by atomic mass is 16.5. The summed E-state index contributed by atoms with van der Waals surface area (Å²) in [5.74, 6) is 1.06. The number of urea groups is 1.